The smallest absolute Gasteiger partial charge is 0.276 e. The Balaban J connectivity index is 1.60. The Kier molecular flexibility index (Phi) is 7.51. The SMILES string of the molecule is CCCCN1C(=O)c2cc(C(=O)Nc3cc(OC)cc(OC)c3)nn2CC1(C)C(=O)NC1CCCC1. The fourth-order valence-corrected chi connectivity index (χ4v) is 4.90. The summed E-state index contributed by atoms with van der Waals surface area (Å²) in [6, 6.07) is 6.66. The number of hydrogen-bond acceptors (Lipinski definition) is 6. The van der Waals surface area contributed by atoms with E-state index in [0.29, 0.717) is 29.4 Å². The number of fused-ring (bicyclic) bond motifs is 1. The van der Waals surface area contributed by atoms with Crippen molar-refractivity contribution in [2.24, 2.45) is 0 Å². The summed E-state index contributed by atoms with van der Waals surface area (Å²) in [5.74, 6) is 0.110. The molecule has 10 nitrogen and oxygen atoms in total. The zero-order chi connectivity index (χ0) is 25.9. The van der Waals surface area contributed by atoms with Crippen LogP contribution in [-0.2, 0) is 11.3 Å². The first kappa shape index (κ1) is 25.5. The fourth-order valence-electron chi connectivity index (χ4n) is 4.90. The van der Waals surface area contributed by atoms with E-state index in [1.54, 1.807) is 30.0 Å². The van der Waals surface area contributed by atoms with Crippen LogP contribution in [0, 0.1) is 0 Å². The normalized spacial score (nSPS) is 19.7. The van der Waals surface area contributed by atoms with Crippen molar-refractivity contribution >= 4 is 23.4 Å². The lowest BCUT2D eigenvalue weighted by Gasteiger charge is -2.43. The van der Waals surface area contributed by atoms with E-state index in [2.05, 4.69) is 15.7 Å². The zero-order valence-corrected chi connectivity index (χ0v) is 21.4. The minimum absolute atomic E-state index is 0.0935. The second-order valence-corrected chi connectivity index (χ2v) is 9.67. The van der Waals surface area contributed by atoms with Gasteiger partial charge in [-0.1, -0.05) is 26.2 Å². The van der Waals surface area contributed by atoms with Crippen molar-refractivity contribution < 1.29 is 23.9 Å². The lowest BCUT2D eigenvalue weighted by molar-refractivity contribution is -0.133. The molecule has 0 spiro atoms. The summed E-state index contributed by atoms with van der Waals surface area (Å²) in [6.07, 6.45) is 5.77. The highest BCUT2D eigenvalue weighted by Gasteiger charge is 2.48. The zero-order valence-electron chi connectivity index (χ0n) is 21.4. The van der Waals surface area contributed by atoms with Crippen LogP contribution >= 0.6 is 0 Å². The molecule has 194 valence electrons. The Hall–Kier alpha value is -3.56. The average Bonchev–Trinajstić information content (AvgIpc) is 3.53. The lowest BCUT2D eigenvalue weighted by Crippen LogP contribution is -2.65. The van der Waals surface area contributed by atoms with Gasteiger partial charge >= 0.3 is 0 Å². The number of hydrogen-bond donors (Lipinski definition) is 2. The average molecular weight is 498 g/mol. The third-order valence-corrected chi connectivity index (χ3v) is 7.05. The van der Waals surface area contributed by atoms with Crippen molar-refractivity contribution in [3.8, 4) is 11.5 Å². The second kappa shape index (κ2) is 10.6. The molecular formula is C26H35N5O5. The molecule has 36 heavy (non-hydrogen) atoms. The molecule has 1 aromatic heterocycles. The van der Waals surface area contributed by atoms with E-state index in [1.165, 1.54) is 25.0 Å². The number of amides is 3. The van der Waals surface area contributed by atoms with Crippen molar-refractivity contribution in [1.82, 2.24) is 20.0 Å². The number of benzene rings is 1. The highest BCUT2D eigenvalue weighted by atomic mass is 16.5. The first-order valence-electron chi connectivity index (χ1n) is 12.5. The van der Waals surface area contributed by atoms with E-state index in [-0.39, 0.29) is 30.1 Å². The van der Waals surface area contributed by atoms with Crippen LogP contribution in [0.15, 0.2) is 24.3 Å². The molecular weight excluding hydrogens is 462 g/mol. The molecule has 1 unspecified atom stereocenters. The third kappa shape index (κ3) is 5.03. The highest BCUT2D eigenvalue weighted by Crippen LogP contribution is 2.30. The first-order valence-corrected chi connectivity index (χ1v) is 12.5. The molecule has 1 saturated carbocycles. The van der Waals surface area contributed by atoms with E-state index in [9.17, 15) is 14.4 Å². The minimum atomic E-state index is -1.10. The van der Waals surface area contributed by atoms with E-state index in [1.807, 2.05) is 6.92 Å². The van der Waals surface area contributed by atoms with Crippen LogP contribution in [0.3, 0.4) is 0 Å². The predicted molar refractivity (Wildman–Crippen MR) is 134 cm³/mol. The third-order valence-electron chi connectivity index (χ3n) is 7.05. The molecule has 10 heteroatoms. The Bertz CT molecular complexity index is 1120. The molecule has 1 aromatic carbocycles. The van der Waals surface area contributed by atoms with Gasteiger partial charge in [-0.15, -0.1) is 0 Å². The summed E-state index contributed by atoms with van der Waals surface area (Å²) in [7, 11) is 3.05. The first-order chi connectivity index (χ1) is 17.3. The summed E-state index contributed by atoms with van der Waals surface area (Å²) in [5.41, 5.74) is -0.234. The quantitative estimate of drug-likeness (QED) is 0.550. The molecule has 2 aliphatic rings. The minimum Gasteiger partial charge on any atom is -0.497 e. The number of unbranched alkanes of at least 4 members (excludes halogenated alkanes) is 1. The van der Waals surface area contributed by atoms with Crippen LogP contribution in [0.4, 0.5) is 5.69 Å². The van der Waals surface area contributed by atoms with Gasteiger partial charge in [0.2, 0.25) is 5.91 Å². The van der Waals surface area contributed by atoms with Crippen LogP contribution in [-0.4, -0.2) is 64.7 Å². The maximum atomic E-state index is 13.6. The Labute approximate surface area is 211 Å². The Morgan fingerprint density at radius 1 is 1.11 bits per heavy atom. The topological polar surface area (TPSA) is 115 Å². The lowest BCUT2D eigenvalue weighted by atomic mass is 9.94. The molecule has 1 aliphatic carbocycles. The summed E-state index contributed by atoms with van der Waals surface area (Å²) in [4.78, 5) is 41.7. The van der Waals surface area contributed by atoms with E-state index in [0.717, 1.165) is 38.5 Å². The Morgan fingerprint density at radius 3 is 2.39 bits per heavy atom. The monoisotopic (exact) mass is 497 g/mol. The largest absolute Gasteiger partial charge is 0.497 e. The molecule has 3 amide bonds. The summed E-state index contributed by atoms with van der Waals surface area (Å²) in [5, 5.41) is 10.4. The van der Waals surface area contributed by atoms with E-state index >= 15 is 0 Å². The molecule has 2 N–H and O–H groups in total. The van der Waals surface area contributed by atoms with E-state index < -0.39 is 11.4 Å². The van der Waals surface area contributed by atoms with Crippen LogP contribution < -0.4 is 20.1 Å². The number of carbonyl (C=O) groups excluding carboxylic acids is 3. The maximum absolute atomic E-state index is 13.6. The molecule has 1 aliphatic heterocycles. The van der Waals surface area contributed by atoms with Crippen LogP contribution in [0.2, 0.25) is 0 Å². The van der Waals surface area contributed by atoms with Gasteiger partial charge < -0.3 is 25.0 Å². The van der Waals surface area contributed by atoms with Gasteiger partial charge in [0.25, 0.3) is 11.8 Å². The maximum Gasteiger partial charge on any atom is 0.276 e. The number of aromatic nitrogens is 2. The summed E-state index contributed by atoms with van der Waals surface area (Å²) >= 11 is 0. The molecule has 1 atom stereocenters. The summed E-state index contributed by atoms with van der Waals surface area (Å²) < 4.78 is 12.0. The van der Waals surface area contributed by atoms with Gasteiger partial charge in [0.05, 0.1) is 20.8 Å². The molecule has 4 rings (SSSR count). The van der Waals surface area contributed by atoms with Crippen LogP contribution in [0.25, 0.3) is 0 Å². The number of ether oxygens (including phenoxy) is 2. The molecule has 0 radical (unpaired) electrons. The second-order valence-electron chi connectivity index (χ2n) is 9.67. The highest BCUT2D eigenvalue weighted by molar-refractivity contribution is 6.06. The number of nitrogens with one attached hydrogen (secondary N) is 2. The van der Waals surface area contributed by atoms with Crippen molar-refractivity contribution in [3.63, 3.8) is 0 Å². The van der Waals surface area contributed by atoms with Gasteiger partial charge in [0.15, 0.2) is 5.69 Å². The van der Waals surface area contributed by atoms with Crippen molar-refractivity contribution in [1.29, 1.82) is 0 Å². The van der Waals surface area contributed by atoms with Crippen molar-refractivity contribution in [3.05, 3.63) is 35.7 Å². The van der Waals surface area contributed by atoms with Gasteiger partial charge in [-0.25, -0.2) is 0 Å². The number of carbonyl (C=O) groups is 3. The van der Waals surface area contributed by atoms with Crippen molar-refractivity contribution in [2.45, 2.75) is 70.5 Å². The molecule has 0 saturated heterocycles. The summed E-state index contributed by atoms with van der Waals surface area (Å²) in [6.45, 7) is 4.47. The fraction of sp³-hybridized carbons (Fsp3) is 0.538. The van der Waals surface area contributed by atoms with Crippen LogP contribution in [0.5, 0.6) is 11.5 Å². The van der Waals surface area contributed by atoms with Gasteiger partial charge in [-0.05, 0) is 26.2 Å². The molecule has 2 heterocycles. The molecule has 2 aromatic rings. The van der Waals surface area contributed by atoms with E-state index in [4.69, 9.17) is 9.47 Å². The number of rotatable bonds is 9. The van der Waals surface area contributed by atoms with Gasteiger partial charge in [-0.2, -0.15) is 5.10 Å². The van der Waals surface area contributed by atoms with Crippen LogP contribution in [0.1, 0.15) is 73.3 Å². The number of methoxy groups -OCH3 is 2. The number of anilines is 1. The van der Waals surface area contributed by atoms with Gasteiger partial charge in [0, 0.05) is 42.5 Å². The number of nitrogens with zero attached hydrogens (tertiary/aromatic N) is 3. The van der Waals surface area contributed by atoms with Gasteiger partial charge in [-0.3, -0.25) is 19.1 Å². The predicted octanol–water partition coefficient (Wildman–Crippen LogP) is 3.23. The standard InChI is InChI=1S/C26H35N5O5/c1-5-6-11-30-24(33)22-15-21(23(32)27-18-12-19(35-3)14-20(13-18)36-4)29-31(22)16-26(30,2)25(34)28-17-9-7-8-10-17/h12-15,17H,5-11,16H2,1-4H3,(H,27,32)(H,28,34). The van der Waals surface area contributed by atoms with Crippen molar-refractivity contribution in [2.75, 3.05) is 26.1 Å². The van der Waals surface area contributed by atoms with Gasteiger partial charge in [0.1, 0.15) is 22.7 Å². The Morgan fingerprint density at radius 2 is 1.78 bits per heavy atom. The molecule has 0 bridgehead atoms. The molecule has 1 fully saturated rings.